The lowest BCUT2D eigenvalue weighted by Gasteiger charge is -2.10. The fraction of sp³-hybridized carbons (Fsp3) is 0.0952. The molecule has 0 aliphatic rings. The lowest BCUT2D eigenvalue weighted by Crippen LogP contribution is -2.36. The van der Waals surface area contributed by atoms with Gasteiger partial charge in [0.25, 0.3) is 5.56 Å². The lowest BCUT2D eigenvalue weighted by molar-refractivity contribution is -0.137. The summed E-state index contributed by atoms with van der Waals surface area (Å²) < 4.78 is 39.9. The predicted octanol–water partition coefficient (Wildman–Crippen LogP) is 3.12. The number of hydrogen-bond donors (Lipinski definition) is 2. The largest absolute Gasteiger partial charge is 0.416 e. The molecule has 150 valence electrons. The summed E-state index contributed by atoms with van der Waals surface area (Å²) in [6.45, 7) is 1.62. The molecule has 0 fully saturated rings. The zero-order valence-electron chi connectivity index (χ0n) is 15.6. The molecule has 0 atom stereocenters. The third kappa shape index (κ3) is 3.18. The molecular weight excluding hydrogens is 395 g/mol. The van der Waals surface area contributed by atoms with Crippen LogP contribution in [0.25, 0.3) is 22.9 Å². The number of nitrogens with zero attached hydrogens (tertiary/aromatic N) is 3. The van der Waals surface area contributed by atoms with Crippen LogP contribution in [0.15, 0.2) is 53.3 Å². The molecule has 0 aliphatic heterocycles. The number of alkyl halides is 3. The number of fused-ring (bicyclic) bond motifs is 3. The molecule has 2 aromatic heterocycles. The van der Waals surface area contributed by atoms with E-state index in [4.69, 9.17) is 0 Å². The van der Waals surface area contributed by atoms with Crippen molar-refractivity contribution in [1.29, 1.82) is 5.26 Å². The number of hydrazine groups is 1. The summed E-state index contributed by atoms with van der Waals surface area (Å²) in [4.78, 5) is 17.5. The van der Waals surface area contributed by atoms with E-state index >= 15 is 0 Å². The van der Waals surface area contributed by atoms with Gasteiger partial charge in [-0.2, -0.15) is 18.4 Å². The van der Waals surface area contributed by atoms with Crippen LogP contribution < -0.4 is 21.6 Å². The van der Waals surface area contributed by atoms with Gasteiger partial charge in [0.05, 0.1) is 33.1 Å². The summed E-state index contributed by atoms with van der Waals surface area (Å²) in [6, 6.07) is 13.7. The van der Waals surface area contributed by atoms with Crippen LogP contribution in [0, 0.1) is 18.3 Å². The molecule has 4 rings (SSSR count). The van der Waals surface area contributed by atoms with Gasteiger partial charge in [-0.3, -0.25) is 9.20 Å². The fourth-order valence-electron chi connectivity index (χ4n) is 3.25. The van der Waals surface area contributed by atoms with Gasteiger partial charge in [-0.05, 0) is 42.8 Å². The Morgan fingerprint density at radius 3 is 2.67 bits per heavy atom. The molecule has 0 spiro atoms. The predicted molar refractivity (Wildman–Crippen MR) is 106 cm³/mol. The lowest BCUT2D eigenvalue weighted by atomic mass is 10.1. The Morgan fingerprint density at radius 1 is 1.17 bits per heavy atom. The first kappa shape index (κ1) is 19.3. The summed E-state index contributed by atoms with van der Waals surface area (Å²) in [6.07, 6.45) is -3.14. The normalized spacial score (nSPS) is 12.3. The maximum absolute atomic E-state index is 13.1. The first-order valence-corrected chi connectivity index (χ1v) is 8.84. The zero-order chi connectivity index (χ0) is 21.5. The maximum atomic E-state index is 13.1. The maximum Gasteiger partial charge on any atom is 0.416 e. The Morgan fingerprint density at radius 2 is 1.93 bits per heavy atom. The van der Waals surface area contributed by atoms with Gasteiger partial charge in [0.2, 0.25) is 0 Å². The van der Waals surface area contributed by atoms with E-state index < -0.39 is 17.3 Å². The Labute approximate surface area is 167 Å². The first-order valence-electron chi connectivity index (χ1n) is 8.84. The van der Waals surface area contributed by atoms with Crippen LogP contribution >= 0.6 is 0 Å². The number of halogens is 3. The van der Waals surface area contributed by atoms with Gasteiger partial charge in [-0.1, -0.05) is 18.2 Å². The number of nitrogens with one attached hydrogen (secondary N) is 2. The van der Waals surface area contributed by atoms with Crippen molar-refractivity contribution in [3.63, 3.8) is 0 Å². The molecule has 0 bridgehead atoms. The average Bonchev–Trinajstić information content (AvgIpc) is 3.10. The molecule has 0 saturated carbocycles. The molecule has 0 unspecified atom stereocenters. The minimum Gasteiger partial charge on any atom is -0.307 e. The zero-order valence-corrected chi connectivity index (χ0v) is 15.6. The van der Waals surface area contributed by atoms with E-state index in [1.807, 2.05) is 0 Å². The van der Waals surface area contributed by atoms with Gasteiger partial charge in [0.15, 0.2) is 5.65 Å². The molecule has 0 amide bonds. The molecule has 0 radical (unpaired) electrons. The van der Waals surface area contributed by atoms with Crippen molar-refractivity contribution >= 4 is 28.6 Å². The number of benzene rings is 2. The Hall–Kier alpha value is -4.06. The van der Waals surface area contributed by atoms with Gasteiger partial charge < -0.3 is 10.9 Å². The van der Waals surface area contributed by atoms with Crippen molar-refractivity contribution in [2.24, 2.45) is 0 Å². The third-order valence-corrected chi connectivity index (χ3v) is 4.73. The Kier molecular flexibility index (Phi) is 4.54. The van der Waals surface area contributed by atoms with Crippen LogP contribution in [0.2, 0.25) is 0 Å². The monoisotopic (exact) mass is 409 g/mol. The topological polar surface area (TPSA) is 82.2 Å². The highest BCUT2D eigenvalue weighted by Gasteiger charge is 2.30. The summed E-state index contributed by atoms with van der Waals surface area (Å²) in [5, 5.41) is 9.80. The van der Waals surface area contributed by atoms with Crippen molar-refractivity contribution < 1.29 is 13.2 Å². The molecule has 0 aliphatic carbocycles. The highest BCUT2D eigenvalue weighted by atomic mass is 19.4. The van der Waals surface area contributed by atoms with Crippen molar-refractivity contribution in [1.82, 2.24) is 14.8 Å². The number of hydrogen-bond acceptors (Lipinski definition) is 5. The van der Waals surface area contributed by atoms with Crippen molar-refractivity contribution in [2.75, 3.05) is 5.43 Å². The number of anilines is 1. The highest BCUT2D eigenvalue weighted by molar-refractivity contribution is 5.82. The second kappa shape index (κ2) is 7.08. The number of rotatable bonds is 3. The van der Waals surface area contributed by atoms with Gasteiger partial charge in [0.1, 0.15) is 6.07 Å². The molecule has 9 heteroatoms. The number of aromatic nitrogens is 2. The Bertz CT molecular complexity index is 1430. The van der Waals surface area contributed by atoms with Crippen molar-refractivity contribution in [2.45, 2.75) is 13.1 Å². The summed E-state index contributed by atoms with van der Waals surface area (Å²) in [7, 11) is 0. The van der Waals surface area contributed by atoms with Crippen LogP contribution in [0.4, 0.5) is 18.9 Å². The molecular formula is C21H14F3N5O. The van der Waals surface area contributed by atoms with Crippen LogP contribution in [-0.2, 0) is 6.18 Å². The van der Waals surface area contributed by atoms with Crippen molar-refractivity contribution in [3.05, 3.63) is 80.8 Å². The second-order valence-corrected chi connectivity index (χ2v) is 6.58. The van der Waals surface area contributed by atoms with Gasteiger partial charge in [-0.15, -0.1) is 0 Å². The number of nitriles is 1. The fourth-order valence-corrected chi connectivity index (χ4v) is 3.25. The minimum absolute atomic E-state index is 0.167. The summed E-state index contributed by atoms with van der Waals surface area (Å²) in [5.41, 5.74) is 6.33. The van der Waals surface area contributed by atoms with Crippen LogP contribution in [0.5, 0.6) is 0 Å². The molecule has 0 saturated heterocycles. The number of imidazole rings is 1. The highest BCUT2D eigenvalue weighted by Crippen LogP contribution is 2.30. The van der Waals surface area contributed by atoms with Gasteiger partial charge in [-0.25, -0.2) is 4.98 Å². The molecule has 30 heavy (non-hydrogen) atoms. The molecule has 2 aromatic carbocycles. The van der Waals surface area contributed by atoms with E-state index in [1.165, 1.54) is 22.7 Å². The first-order chi connectivity index (χ1) is 14.3. The van der Waals surface area contributed by atoms with E-state index in [0.717, 1.165) is 12.1 Å². The van der Waals surface area contributed by atoms with Crippen LogP contribution in [0.3, 0.4) is 0 Å². The molecule has 6 nitrogen and oxygen atoms in total. The van der Waals surface area contributed by atoms with E-state index in [2.05, 4.69) is 21.9 Å². The van der Waals surface area contributed by atoms with E-state index in [1.54, 1.807) is 31.2 Å². The van der Waals surface area contributed by atoms with Gasteiger partial charge in [0, 0.05) is 6.20 Å². The quantitative estimate of drug-likeness (QED) is 0.508. The number of para-hydroxylation sites is 2. The smallest absolute Gasteiger partial charge is 0.307 e. The van der Waals surface area contributed by atoms with Crippen LogP contribution in [0.1, 0.15) is 16.7 Å². The van der Waals surface area contributed by atoms with E-state index in [0.29, 0.717) is 16.6 Å². The van der Waals surface area contributed by atoms with Gasteiger partial charge >= 0.3 is 6.18 Å². The Balaban J connectivity index is 1.80. The SMILES string of the molecule is Cc1c(C#N)c2nc3ccccc3n2c(=O)c1=CNNc1cccc(C(F)(F)F)c1. The van der Waals surface area contributed by atoms with Crippen LogP contribution in [-0.4, -0.2) is 9.38 Å². The summed E-state index contributed by atoms with van der Waals surface area (Å²) in [5.74, 6) is 0. The van der Waals surface area contributed by atoms with E-state index in [-0.39, 0.29) is 22.1 Å². The molecule has 4 aromatic rings. The van der Waals surface area contributed by atoms with E-state index in [9.17, 15) is 23.2 Å². The molecule has 2 heterocycles. The standard InChI is InChI=1S/C21H14F3N5O/c1-12-15(10-25)19-27-17-7-2-3-8-18(17)29(19)20(30)16(12)11-26-28-14-6-4-5-13(9-14)21(22,23)24/h2-9,11,26,28H,1H3. The van der Waals surface area contributed by atoms with Crippen molar-refractivity contribution in [3.8, 4) is 6.07 Å². The summed E-state index contributed by atoms with van der Waals surface area (Å²) >= 11 is 0. The third-order valence-electron chi connectivity index (χ3n) is 4.73. The molecule has 2 N–H and O–H groups in total. The second-order valence-electron chi connectivity index (χ2n) is 6.58. The minimum atomic E-state index is -4.46. The average molecular weight is 409 g/mol. The number of pyridine rings is 1.